The van der Waals surface area contributed by atoms with Crippen LogP contribution in [-0.2, 0) is 10.2 Å². The molecule has 1 aromatic heterocycles. The maximum atomic E-state index is 12.7. The van der Waals surface area contributed by atoms with E-state index in [9.17, 15) is 8.42 Å². The molecule has 2 aliphatic heterocycles. The SMILES string of the molecule is CCN(CC)S(=O)(=O)N1CCN(c2cc(C)nc([C@H]3CCCN3)c2)CC1. The first-order valence-electron chi connectivity index (χ1n) is 9.67. The van der Waals surface area contributed by atoms with Crippen molar-refractivity contribution in [2.45, 2.75) is 39.7 Å². The van der Waals surface area contributed by atoms with Crippen molar-refractivity contribution in [2.75, 3.05) is 50.7 Å². The molecule has 1 atom stereocenters. The zero-order valence-corrected chi connectivity index (χ0v) is 16.9. The lowest BCUT2D eigenvalue weighted by atomic mass is 10.1. The largest absolute Gasteiger partial charge is 0.369 e. The molecule has 7 nitrogen and oxygen atoms in total. The zero-order valence-electron chi connectivity index (χ0n) is 16.1. The molecule has 3 heterocycles. The van der Waals surface area contributed by atoms with Gasteiger partial charge in [-0.05, 0) is 38.4 Å². The minimum atomic E-state index is -3.34. The van der Waals surface area contributed by atoms with E-state index >= 15 is 0 Å². The van der Waals surface area contributed by atoms with Crippen LogP contribution in [0, 0.1) is 6.92 Å². The van der Waals surface area contributed by atoms with E-state index in [4.69, 9.17) is 4.98 Å². The summed E-state index contributed by atoms with van der Waals surface area (Å²) >= 11 is 0. The molecular weight excluding hydrogens is 350 g/mol. The Hall–Kier alpha value is -1.22. The third-order valence-electron chi connectivity index (χ3n) is 5.34. The standard InChI is InChI=1S/C18H31N5O2S/c1-4-22(5-2)26(24,25)23-11-9-21(10-12-23)16-13-15(3)20-18(14-16)17-7-6-8-19-17/h13-14,17,19H,4-12H2,1-3H3/t17-/m1/s1. The van der Waals surface area contributed by atoms with Gasteiger partial charge in [-0.25, -0.2) is 0 Å². The summed E-state index contributed by atoms with van der Waals surface area (Å²) in [5.41, 5.74) is 3.28. The molecule has 3 rings (SSSR count). The van der Waals surface area contributed by atoms with Crippen LogP contribution >= 0.6 is 0 Å². The molecule has 0 amide bonds. The van der Waals surface area contributed by atoms with Gasteiger partial charge in [0.25, 0.3) is 10.2 Å². The van der Waals surface area contributed by atoms with E-state index in [0.717, 1.165) is 30.0 Å². The first-order valence-corrected chi connectivity index (χ1v) is 11.1. The van der Waals surface area contributed by atoms with E-state index in [1.54, 1.807) is 4.31 Å². The monoisotopic (exact) mass is 381 g/mol. The Morgan fingerprint density at radius 2 is 1.88 bits per heavy atom. The van der Waals surface area contributed by atoms with Crippen molar-refractivity contribution in [1.29, 1.82) is 0 Å². The number of nitrogens with one attached hydrogen (secondary N) is 1. The minimum Gasteiger partial charge on any atom is -0.369 e. The Morgan fingerprint density at radius 3 is 2.46 bits per heavy atom. The van der Waals surface area contributed by atoms with Crippen LogP contribution in [0.15, 0.2) is 12.1 Å². The average Bonchev–Trinajstić information content (AvgIpc) is 3.17. The van der Waals surface area contributed by atoms with Crippen molar-refractivity contribution >= 4 is 15.9 Å². The van der Waals surface area contributed by atoms with Gasteiger partial charge < -0.3 is 10.2 Å². The summed E-state index contributed by atoms with van der Waals surface area (Å²) in [7, 11) is -3.34. The van der Waals surface area contributed by atoms with Crippen molar-refractivity contribution in [3.05, 3.63) is 23.5 Å². The third kappa shape index (κ3) is 4.03. The van der Waals surface area contributed by atoms with E-state index in [2.05, 4.69) is 22.3 Å². The van der Waals surface area contributed by atoms with E-state index < -0.39 is 10.2 Å². The van der Waals surface area contributed by atoms with Gasteiger partial charge in [0.2, 0.25) is 0 Å². The van der Waals surface area contributed by atoms with Crippen LogP contribution < -0.4 is 10.2 Å². The Kier molecular flexibility index (Phi) is 6.17. The number of aryl methyl sites for hydroxylation is 1. The predicted molar refractivity (Wildman–Crippen MR) is 105 cm³/mol. The number of aromatic nitrogens is 1. The maximum absolute atomic E-state index is 12.7. The van der Waals surface area contributed by atoms with E-state index in [0.29, 0.717) is 45.3 Å². The average molecular weight is 382 g/mol. The first-order chi connectivity index (χ1) is 12.5. The highest BCUT2D eigenvalue weighted by Crippen LogP contribution is 2.27. The number of rotatable bonds is 6. The molecule has 1 N–H and O–H groups in total. The van der Waals surface area contributed by atoms with Gasteiger partial charge in [-0.1, -0.05) is 13.8 Å². The Balaban J connectivity index is 1.70. The highest BCUT2D eigenvalue weighted by molar-refractivity contribution is 7.86. The topological polar surface area (TPSA) is 68.8 Å². The Bertz CT molecular complexity index is 706. The molecular formula is C18H31N5O2S. The second-order valence-electron chi connectivity index (χ2n) is 7.02. The number of hydrogen-bond donors (Lipinski definition) is 1. The van der Waals surface area contributed by atoms with Gasteiger partial charge in [-0.2, -0.15) is 17.0 Å². The van der Waals surface area contributed by atoms with Crippen LogP contribution in [0.5, 0.6) is 0 Å². The van der Waals surface area contributed by atoms with Crippen LogP contribution in [0.3, 0.4) is 0 Å². The Labute approximate surface area is 157 Å². The number of nitrogens with zero attached hydrogens (tertiary/aromatic N) is 4. The molecule has 0 aromatic carbocycles. The van der Waals surface area contributed by atoms with Crippen molar-refractivity contribution in [3.63, 3.8) is 0 Å². The minimum absolute atomic E-state index is 0.345. The maximum Gasteiger partial charge on any atom is 0.282 e. The van der Waals surface area contributed by atoms with Gasteiger partial charge >= 0.3 is 0 Å². The number of hydrogen-bond acceptors (Lipinski definition) is 5. The van der Waals surface area contributed by atoms with Gasteiger partial charge in [0, 0.05) is 56.7 Å². The summed E-state index contributed by atoms with van der Waals surface area (Å²) in [5.74, 6) is 0. The molecule has 0 radical (unpaired) electrons. The van der Waals surface area contributed by atoms with E-state index in [-0.39, 0.29) is 0 Å². The number of anilines is 1. The molecule has 0 aliphatic carbocycles. The highest BCUT2D eigenvalue weighted by atomic mass is 32.2. The summed E-state index contributed by atoms with van der Waals surface area (Å²) < 4.78 is 28.5. The van der Waals surface area contributed by atoms with Crippen molar-refractivity contribution in [1.82, 2.24) is 18.9 Å². The molecule has 1 aromatic rings. The first kappa shape index (κ1) is 19.5. The zero-order chi connectivity index (χ0) is 18.7. The fourth-order valence-electron chi connectivity index (χ4n) is 3.86. The lowest BCUT2D eigenvalue weighted by Gasteiger charge is -2.37. The second kappa shape index (κ2) is 8.21. The second-order valence-corrected chi connectivity index (χ2v) is 8.95. The smallest absolute Gasteiger partial charge is 0.282 e. The molecule has 0 bridgehead atoms. The molecule has 0 saturated carbocycles. The molecule has 2 saturated heterocycles. The fraction of sp³-hybridized carbons (Fsp3) is 0.722. The van der Waals surface area contributed by atoms with Crippen LogP contribution in [-0.4, -0.2) is 67.8 Å². The lowest BCUT2D eigenvalue weighted by Crippen LogP contribution is -2.53. The lowest BCUT2D eigenvalue weighted by molar-refractivity contribution is 0.334. The molecule has 146 valence electrons. The van der Waals surface area contributed by atoms with Crippen LogP contribution in [0.2, 0.25) is 0 Å². The predicted octanol–water partition coefficient (Wildman–Crippen LogP) is 1.52. The Morgan fingerprint density at radius 1 is 1.19 bits per heavy atom. The van der Waals surface area contributed by atoms with Crippen LogP contribution in [0.25, 0.3) is 0 Å². The quantitative estimate of drug-likeness (QED) is 0.809. The normalized spacial score (nSPS) is 22.3. The van der Waals surface area contributed by atoms with Gasteiger partial charge in [0.1, 0.15) is 0 Å². The van der Waals surface area contributed by atoms with Gasteiger partial charge in [-0.15, -0.1) is 0 Å². The molecule has 8 heteroatoms. The number of pyridine rings is 1. The third-order valence-corrected chi connectivity index (χ3v) is 7.52. The summed E-state index contributed by atoms with van der Waals surface area (Å²) in [6, 6.07) is 4.62. The molecule has 0 unspecified atom stereocenters. The van der Waals surface area contributed by atoms with E-state index in [1.165, 1.54) is 10.7 Å². The highest BCUT2D eigenvalue weighted by Gasteiger charge is 2.31. The molecule has 2 aliphatic rings. The van der Waals surface area contributed by atoms with Gasteiger partial charge in [-0.3, -0.25) is 4.98 Å². The summed E-state index contributed by atoms with van der Waals surface area (Å²) in [4.78, 5) is 6.99. The molecule has 0 spiro atoms. The summed E-state index contributed by atoms with van der Waals surface area (Å²) in [6.45, 7) is 10.4. The van der Waals surface area contributed by atoms with Crippen molar-refractivity contribution in [2.24, 2.45) is 0 Å². The summed E-state index contributed by atoms with van der Waals surface area (Å²) in [6.07, 6.45) is 2.32. The molecule has 26 heavy (non-hydrogen) atoms. The van der Waals surface area contributed by atoms with Gasteiger partial charge in [0.15, 0.2) is 0 Å². The van der Waals surface area contributed by atoms with Crippen LogP contribution in [0.4, 0.5) is 5.69 Å². The van der Waals surface area contributed by atoms with Crippen molar-refractivity contribution < 1.29 is 8.42 Å². The van der Waals surface area contributed by atoms with Crippen molar-refractivity contribution in [3.8, 4) is 0 Å². The van der Waals surface area contributed by atoms with E-state index in [1.807, 2.05) is 20.8 Å². The fourth-order valence-corrected chi connectivity index (χ4v) is 5.47. The van der Waals surface area contributed by atoms with Crippen LogP contribution in [0.1, 0.15) is 44.1 Å². The molecule has 2 fully saturated rings. The summed E-state index contributed by atoms with van der Waals surface area (Å²) in [5, 5.41) is 3.51. The number of piperazine rings is 1. The van der Waals surface area contributed by atoms with Gasteiger partial charge in [0.05, 0.1) is 5.69 Å².